The Morgan fingerprint density at radius 1 is 0.881 bits per heavy atom. The van der Waals surface area contributed by atoms with Crippen LogP contribution in [-0.4, -0.2) is 25.7 Å². The van der Waals surface area contributed by atoms with Crippen molar-refractivity contribution in [2.24, 2.45) is 0 Å². The molecule has 6 rings (SSSR count). The minimum atomic E-state index is -0.946. The summed E-state index contributed by atoms with van der Waals surface area (Å²) in [5.41, 5.74) is 7.32. The zero-order valence-corrected chi connectivity index (χ0v) is 24.3. The van der Waals surface area contributed by atoms with Crippen LogP contribution in [0.15, 0.2) is 103 Å². The number of hydrogen-bond acceptors (Lipinski definition) is 4. The van der Waals surface area contributed by atoms with Crippen LogP contribution in [0.1, 0.15) is 50.7 Å². The second-order valence-electron chi connectivity index (χ2n) is 10.4. The molecule has 1 aliphatic rings. The van der Waals surface area contributed by atoms with Crippen molar-refractivity contribution in [3.05, 3.63) is 137 Å². The number of nitrogens with zero attached hydrogens (tertiary/aromatic N) is 3. The van der Waals surface area contributed by atoms with Crippen LogP contribution in [0.4, 0.5) is 5.69 Å². The Morgan fingerprint density at radius 3 is 2.14 bits per heavy atom. The van der Waals surface area contributed by atoms with Gasteiger partial charge in [0, 0.05) is 29.0 Å². The van der Waals surface area contributed by atoms with Gasteiger partial charge in [-0.3, -0.25) is 4.98 Å². The maximum absolute atomic E-state index is 11.4. The van der Waals surface area contributed by atoms with Crippen LogP contribution in [0.5, 0.6) is 11.5 Å². The number of pyridine rings is 1. The molecule has 0 amide bonds. The van der Waals surface area contributed by atoms with Gasteiger partial charge < -0.3 is 24.6 Å². The average molecular weight is 575 g/mol. The molecule has 0 bridgehead atoms. The first-order valence-corrected chi connectivity index (χ1v) is 14.1. The fourth-order valence-electron chi connectivity index (χ4n) is 5.60. The monoisotopic (exact) mass is 574 g/mol. The summed E-state index contributed by atoms with van der Waals surface area (Å²) in [6.45, 7) is 6.19. The number of carboxylic acid groups (broad SMARTS) is 1. The fraction of sp³-hybridized carbons (Fsp3) is 0.147. The summed E-state index contributed by atoms with van der Waals surface area (Å²) in [4.78, 5) is 18.2. The zero-order valence-electron chi connectivity index (χ0n) is 23.5. The zero-order chi connectivity index (χ0) is 29.4. The number of carboxylic acids is 1. The Kier molecular flexibility index (Phi) is 7.22. The van der Waals surface area contributed by atoms with Gasteiger partial charge in [0.2, 0.25) is 0 Å². The lowest BCUT2D eigenvalue weighted by Gasteiger charge is -2.28. The first-order valence-electron chi connectivity index (χ1n) is 13.7. The lowest BCUT2D eigenvalue weighted by Crippen LogP contribution is -2.29. The molecule has 210 valence electrons. The minimum absolute atomic E-state index is 0.186. The first kappa shape index (κ1) is 27.2. The van der Waals surface area contributed by atoms with E-state index in [2.05, 4.69) is 39.7 Å². The molecule has 2 N–H and O–H groups in total. The number of nitrogens with one attached hydrogen (secondary N) is 1. The molecule has 0 unspecified atom stereocenters. The highest BCUT2D eigenvalue weighted by Crippen LogP contribution is 2.44. The van der Waals surface area contributed by atoms with Gasteiger partial charge >= 0.3 is 5.97 Å². The number of anilines is 1. The van der Waals surface area contributed by atoms with Crippen molar-refractivity contribution in [3.63, 3.8) is 0 Å². The normalized spacial score (nSPS) is 16.4. The molecule has 0 radical (unpaired) electrons. The number of benzene rings is 3. The van der Waals surface area contributed by atoms with Gasteiger partial charge in [0.1, 0.15) is 11.5 Å². The van der Waals surface area contributed by atoms with Crippen LogP contribution in [0.3, 0.4) is 0 Å². The summed E-state index contributed by atoms with van der Waals surface area (Å²) in [7, 11) is 0. The third kappa shape index (κ3) is 5.12. The molecule has 0 aliphatic carbocycles. The molecule has 2 aromatic heterocycles. The Morgan fingerprint density at radius 2 is 1.52 bits per heavy atom. The molecule has 1 saturated heterocycles. The molecule has 2 atom stereocenters. The van der Waals surface area contributed by atoms with Gasteiger partial charge in [0.15, 0.2) is 5.11 Å². The Hall–Kier alpha value is -4.95. The summed E-state index contributed by atoms with van der Waals surface area (Å²) in [6, 6.07) is 30.6. The molecule has 3 heterocycles. The number of carbonyl (C=O) groups is 1. The van der Waals surface area contributed by atoms with Crippen LogP contribution < -0.4 is 15.0 Å². The van der Waals surface area contributed by atoms with Gasteiger partial charge in [-0.2, -0.15) is 0 Å². The second kappa shape index (κ2) is 11.1. The Balaban J connectivity index is 1.39. The van der Waals surface area contributed by atoms with E-state index in [-0.39, 0.29) is 17.6 Å². The van der Waals surface area contributed by atoms with Crippen LogP contribution in [0.25, 0.3) is 5.69 Å². The van der Waals surface area contributed by atoms with E-state index in [0.29, 0.717) is 5.11 Å². The van der Waals surface area contributed by atoms with E-state index in [1.807, 2.05) is 85.8 Å². The molecule has 8 heteroatoms. The smallest absolute Gasteiger partial charge is 0.335 e. The number of aryl methyl sites for hydroxylation is 2. The second-order valence-corrected chi connectivity index (χ2v) is 10.8. The number of ether oxygens (including phenoxy) is 1. The predicted molar refractivity (Wildman–Crippen MR) is 168 cm³/mol. The first-order chi connectivity index (χ1) is 20.3. The highest BCUT2D eigenvalue weighted by Gasteiger charge is 2.42. The van der Waals surface area contributed by atoms with E-state index in [1.54, 1.807) is 18.3 Å². The standard InChI is InChI=1S/C34H30N4O3S/c1-21-7-15-27(16-8-21)41-28-17-13-26(14-18-28)38-32(31(36-34(38)42)30-6-4-5-19-35-30)29-20-22(2)37(23(29)3)25-11-9-24(10-12-25)33(39)40/h4-20,31-32H,1-3H3,(H,36,42)(H,39,40)/t31-,32+/m1/s1. The summed E-state index contributed by atoms with van der Waals surface area (Å²) >= 11 is 5.94. The summed E-state index contributed by atoms with van der Waals surface area (Å²) in [5.74, 6) is 0.572. The van der Waals surface area contributed by atoms with E-state index in [1.165, 1.54) is 5.56 Å². The number of thiocarbonyl (C=S) groups is 1. The van der Waals surface area contributed by atoms with E-state index in [0.717, 1.165) is 45.5 Å². The number of aromatic carboxylic acids is 1. The number of aromatic nitrogens is 2. The molecule has 5 aromatic rings. The predicted octanol–water partition coefficient (Wildman–Crippen LogP) is 7.47. The van der Waals surface area contributed by atoms with Crippen LogP contribution in [-0.2, 0) is 0 Å². The van der Waals surface area contributed by atoms with Crippen molar-refractivity contribution in [2.45, 2.75) is 32.9 Å². The van der Waals surface area contributed by atoms with Crippen molar-refractivity contribution in [1.29, 1.82) is 0 Å². The van der Waals surface area contributed by atoms with Crippen molar-refractivity contribution < 1.29 is 14.6 Å². The quantitative estimate of drug-likeness (QED) is 0.195. The number of rotatable bonds is 7. The highest BCUT2D eigenvalue weighted by molar-refractivity contribution is 7.80. The molecular weight excluding hydrogens is 544 g/mol. The van der Waals surface area contributed by atoms with E-state index in [9.17, 15) is 9.90 Å². The largest absolute Gasteiger partial charge is 0.478 e. The Labute approximate surface area is 250 Å². The highest BCUT2D eigenvalue weighted by atomic mass is 32.1. The van der Waals surface area contributed by atoms with E-state index >= 15 is 0 Å². The van der Waals surface area contributed by atoms with Gasteiger partial charge in [0.05, 0.1) is 23.3 Å². The Bertz CT molecular complexity index is 1750. The van der Waals surface area contributed by atoms with Gasteiger partial charge in [-0.15, -0.1) is 0 Å². The molecule has 0 saturated carbocycles. The summed E-state index contributed by atoms with van der Waals surface area (Å²) < 4.78 is 8.22. The van der Waals surface area contributed by atoms with Crippen LogP contribution in [0, 0.1) is 20.8 Å². The van der Waals surface area contributed by atoms with Gasteiger partial charge in [-0.05, 0) is 117 Å². The minimum Gasteiger partial charge on any atom is -0.478 e. The van der Waals surface area contributed by atoms with Crippen molar-refractivity contribution in [3.8, 4) is 17.2 Å². The molecule has 42 heavy (non-hydrogen) atoms. The van der Waals surface area contributed by atoms with E-state index in [4.69, 9.17) is 17.0 Å². The van der Waals surface area contributed by atoms with Gasteiger partial charge in [-0.25, -0.2) is 4.79 Å². The van der Waals surface area contributed by atoms with Gasteiger partial charge in [-0.1, -0.05) is 23.8 Å². The third-order valence-electron chi connectivity index (χ3n) is 7.63. The van der Waals surface area contributed by atoms with Crippen molar-refractivity contribution in [2.75, 3.05) is 4.90 Å². The van der Waals surface area contributed by atoms with Crippen LogP contribution in [0.2, 0.25) is 0 Å². The summed E-state index contributed by atoms with van der Waals surface area (Å²) in [6.07, 6.45) is 1.80. The van der Waals surface area contributed by atoms with Crippen molar-refractivity contribution in [1.82, 2.24) is 14.9 Å². The third-order valence-corrected chi connectivity index (χ3v) is 7.95. The number of hydrogen-bond donors (Lipinski definition) is 2. The molecule has 1 aliphatic heterocycles. The van der Waals surface area contributed by atoms with Gasteiger partial charge in [0.25, 0.3) is 0 Å². The fourth-order valence-corrected chi connectivity index (χ4v) is 5.95. The van der Waals surface area contributed by atoms with E-state index < -0.39 is 5.97 Å². The lowest BCUT2D eigenvalue weighted by atomic mass is 9.96. The summed E-state index contributed by atoms with van der Waals surface area (Å²) in [5, 5.41) is 13.5. The molecule has 1 fully saturated rings. The topological polar surface area (TPSA) is 79.6 Å². The maximum atomic E-state index is 11.4. The van der Waals surface area contributed by atoms with Crippen LogP contribution >= 0.6 is 12.2 Å². The molecule has 3 aromatic carbocycles. The SMILES string of the molecule is Cc1ccc(Oc2ccc(N3C(=S)N[C@H](c4ccccn4)[C@@H]3c3cc(C)n(-c4ccc(C(=O)O)cc4)c3C)cc2)cc1. The average Bonchev–Trinajstić information content (AvgIpc) is 3.49. The van der Waals surface area contributed by atoms with Crippen molar-refractivity contribution >= 4 is 29.0 Å². The molecule has 0 spiro atoms. The lowest BCUT2D eigenvalue weighted by molar-refractivity contribution is 0.0697. The maximum Gasteiger partial charge on any atom is 0.335 e. The molecular formula is C34H30N4O3S. The molecule has 7 nitrogen and oxygen atoms in total.